The number of aryl methyl sites for hydroxylation is 1. The molecular weight excluding hydrogens is 234 g/mol. The normalized spacial score (nSPS) is 41.7. The van der Waals surface area contributed by atoms with E-state index in [0.29, 0.717) is 11.3 Å². The van der Waals surface area contributed by atoms with E-state index in [2.05, 4.69) is 12.0 Å². The number of aromatic nitrogens is 2. The van der Waals surface area contributed by atoms with Crippen LogP contribution in [-0.2, 0) is 7.05 Å². The summed E-state index contributed by atoms with van der Waals surface area (Å²) in [5.74, 6) is 3.57. The van der Waals surface area contributed by atoms with Gasteiger partial charge in [0.25, 0.3) is 0 Å². The van der Waals surface area contributed by atoms with Crippen molar-refractivity contribution in [3.8, 4) is 0 Å². The molecule has 1 atom stereocenters. The summed E-state index contributed by atoms with van der Waals surface area (Å²) in [6.07, 6.45) is 10.7. The Morgan fingerprint density at radius 3 is 2.16 bits per heavy atom. The quantitative estimate of drug-likeness (QED) is 0.885. The molecule has 0 saturated heterocycles. The largest absolute Gasteiger partial charge is 0.396 e. The van der Waals surface area contributed by atoms with E-state index in [1.54, 1.807) is 0 Å². The van der Waals surface area contributed by atoms with E-state index in [9.17, 15) is 0 Å². The zero-order valence-electron chi connectivity index (χ0n) is 12.1. The van der Waals surface area contributed by atoms with Crippen LogP contribution in [0.1, 0.15) is 57.1 Å². The summed E-state index contributed by atoms with van der Waals surface area (Å²) in [7, 11) is 2.04. The molecule has 2 N–H and O–H groups in total. The zero-order chi connectivity index (χ0) is 13.2. The van der Waals surface area contributed by atoms with Crippen LogP contribution in [0, 0.1) is 23.2 Å². The van der Waals surface area contributed by atoms with Crippen molar-refractivity contribution in [3.05, 3.63) is 11.9 Å². The summed E-state index contributed by atoms with van der Waals surface area (Å²) in [6, 6.07) is 0. The fraction of sp³-hybridized carbons (Fsp3) is 0.812. The van der Waals surface area contributed by atoms with Crippen LogP contribution in [0.5, 0.6) is 0 Å². The molecule has 4 aliphatic rings. The standard InChI is InChI=1S/C16H25N3/c1-10(15-14(17)9-18-19(15)2)16-6-11-3-12(7-16)5-13(4-11)8-16/h9-13H,3-8,17H2,1-2H3. The molecule has 4 bridgehead atoms. The van der Waals surface area contributed by atoms with Gasteiger partial charge >= 0.3 is 0 Å². The minimum atomic E-state index is 0.524. The average Bonchev–Trinajstić information content (AvgIpc) is 2.66. The Kier molecular flexibility index (Phi) is 2.34. The third kappa shape index (κ3) is 1.60. The van der Waals surface area contributed by atoms with Crippen molar-refractivity contribution >= 4 is 5.69 Å². The molecule has 4 fully saturated rings. The van der Waals surface area contributed by atoms with Gasteiger partial charge in [0.05, 0.1) is 17.6 Å². The first-order valence-electron chi connectivity index (χ1n) is 7.85. The molecule has 5 rings (SSSR count). The molecule has 0 aromatic carbocycles. The summed E-state index contributed by atoms with van der Waals surface area (Å²) >= 11 is 0. The minimum Gasteiger partial charge on any atom is -0.396 e. The Hall–Kier alpha value is -0.990. The minimum absolute atomic E-state index is 0.524. The van der Waals surface area contributed by atoms with E-state index in [1.807, 2.05) is 17.9 Å². The molecule has 0 radical (unpaired) electrons. The van der Waals surface area contributed by atoms with Crippen LogP contribution in [0.3, 0.4) is 0 Å². The molecule has 0 aliphatic heterocycles. The maximum absolute atomic E-state index is 6.18. The maximum Gasteiger partial charge on any atom is 0.0735 e. The Balaban J connectivity index is 1.72. The van der Waals surface area contributed by atoms with Crippen molar-refractivity contribution in [3.63, 3.8) is 0 Å². The summed E-state index contributed by atoms with van der Waals surface area (Å²) < 4.78 is 2.01. The molecule has 1 unspecified atom stereocenters. The van der Waals surface area contributed by atoms with Gasteiger partial charge in [0.2, 0.25) is 0 Å². The molecule has 3 heteroatoms. The predicted molar refractivity (Wildman–Crippen MR) is 76.6 cm³/mol. The van der Waals surface area contributed by atoms with Crippen LogP contribution in [0.25, 0.3) is 0 Å². The van der Waals surface area contributed by atoms with Gasteiger partial charge in [-0.2, -0.15) is 5.10 Å². The maximum atomic E-state index is 6.18. The van der Waals surface area contributed by atoms with Crippen LogP contribution in [-0.4, -0.2) is 9.78 Å². The molecule has 104 valence electrons. The van der Waals surface area contributed by atoms with E-state index in [0.717, 1.165) is 23.4 Å². The van der Waals surface area contributed by atoms with Gasteiger partial charge in [-0.1, -0.05) is 6.92 Å². The summed E-state index contributed by atoms with van der Waals surface area (Å²) in [5.41, 5.74) is 8.88. The number of hydrogen-bond donors (Lipinski definition) is 1. The van der Waals surface area contributed by atoms with E-state index in [-0.39, 0.29) is 0 Å². The van der Waals surface area contributed by atoms with Gasteiger partial charge in [-0.15, -0.1) is 0 Å². The van der Waals surface area contributed by atoms with Gasteiger partial charge in [-0.3, -0.25) is 4.68 Å². The molecule has 1 aromatic rings. The van der Waals surface area contributed by atoms with Crippen molar-refractivity contribution < 1.29 is 0 Å². The van der Waals surface area contributed by atoms with Gasteiger partial charge in [0, 0.05) is 13.0 Å². The van der Waals surface area contributed by atoms with E-state index in [1.165, 1.54) is 44.2 Å². The molecule has 4 aliphatic carbocycles. The zero-order valence-corrected chi connectivity index (χ0v) is 12.1. The first kappa shape index (κ1) is 11.8. The van der Waals surface area contributed by atoms with Crippen LogP contribution >= 0.6 is 0 Å². The lowest BCUT2D eigenvalue weighted by Crippen LogP contribution is -2.48. The lowest BCUT2D eigenvalue weighted by molar-refractivity contribution is -0.0666. The number of nitrogens with two attached hydrogens (primary N) is 1. The first-order chi connectivity index (χ1) is 9.07. The van der Waals surface area contributed by atoms with Crippen LogP contribution in [0.4, 0.5) is 5.69 Å². The number of nitrogens with zero attached hydrogens (tertiary/aromatic N) is 2. The highest BCUT2D eigenvalue weighted by Gasteiger charge is 2.53. The predicted octanol–water partition coefficient (Wildman–Crippen LogP) is 3.32. The van der Waals surface area contributed by atoms with Gasteiger partial charge in [0.1, 0.15) is 0 Å². The SMILES string of the molecule is CC(c1c(N)cnn1C)C12CC3CC(CC(C3)C1)C2. The molecule has 0 spiro atoms. The average molecular weight is 259 g/mol. The Morgan fingerprint density at radius 2 is 1.74 bits per heavy atom. The first-order valence-corrected chi connectivity index (χ1v) is 7.85. The highest BCUT2D eigenvalue weighted by atomic mass is 15.3. The monoisotopic (exact) mass is 259 g/mol. The van der Waals surface area contributed by atoms with Crippen molar-refractivity contribution in [1.29, 1.82) is 0 Å². The molecule has 1 aromatic heterocycles. The van der Waals surface area contributed by atoms with Gasteiger partial charge in [0.15, 0.2) is 0 Å². The summed E-state index contributed by atoms with van der Waals surface area (Å²) in [4.78, 5) is 0. The fourth-order valence-corrected chi connectivity index (χ4v) is 5.99. The highest BCUT2D eigenvalue weighted by molar-refractivity contribution is 5.44. The fourth-order valence-electron chi connectivity index (χ4n) is 5.99. The number of nitrogen functional groups attached to an aromatic ring is 1. The molecule has 19 heavy (non-hydrogen) atoms. The summed E-state index contributed by atoms with van der Waals surface area (Å²) in [6.45, 7) is 2.40. The molecule has 0 amide bonds. The van der Waals surface area contributed by atoms with E-state index >= 15 is 0 Å². The Bertz CT molecular complexity index is 447. The van der Waals surface area contributed by atoms with E-state index in [4.69, 9.17) is 5.73 Å². The lowest BCUT2D eigenvalue weighted by atomic mass is 9.46. The number of rotatable bonds is 2. The topological polar surface area (TPSA) is 43.8 Å². The van der Waals surface area contributed by atoms with Crippen LogP contribution < -0.4 is 5.73 Å². The number of anilines is 1. The molecular formula is C16H25N3. The molecule has 1 heterocycles. The van der Waals surface area contributed by atoms with Crippen LogP contribution in [0.2, 0.25) is 0 Å². The Labute approximate surface area is 115 Å². The molecule has 4 saturated carbocycles. The van der Waals surface area contributed by atoms with Crippen molar-refractivity contribution in [2.75, 3.05) is 5.73 Å². The van der Waals surface area contributed by atoms with Crippen LogP contribution in [0.15, 0.2) is 6.20 Å². The third-order valence-corrected chi connectivity index (χ3v) is 6.43. The van der Waals surface area contributed by atoms with E-state index < -0.39 is 0 Å². The second kappa shape index (κ2) is 3.77. The Morgan fingerprint density at radius 1 is 1.21 bits per heavy atom. The smallest absolute Gasteiger partial charge is 0.0735 e. The lowest BCUT2D eigenvalue weighted by Gasteiger charge is -2.59. The van der Waals surface area contributed by atoms with Gasteiger partial charge in [-0.25, -0.2) is 0 Å². The third-order valence-electron chi connectivity index (χ3n) is 6.43. The van der Waals surface area contributed by atoms with Crippen molar-refractivity contribution in [1.82, 2.24) is 9.78 Å². The van der Waals surface area contributed by atoms with Crippen molar-refractivity contribution in [2.45, 2.75) is 51.4 Å². The second-order valence-electron chi connectivity index (χ2n) is 7.61. The van der Waals surface area contributed by atoms with Crippen molar-refractivity contribution in [2.24, 2.45) is 30.2 Å². The summed E-state index contributed by atoms with van der Waals surface area (Å²) in [5, 5.41) is 4.36. The second-order valence-corrected chi connectivity index (χ2v) is 7.61. The molecule has 3 nitrogen and oxygen atoms in total. The number of hydrogen-bond acceptors (Lipinski definition) is 2. The van der Waals surface area contributed by atoms with Gasteiger partial charge in [-0.05, 0) is 61.7 Å². The highest BCUT2D eigenvalue weighted by Crippen LogP contribution is 2.64. The van der Waals surface area contributed by atoms with Gasteiger partial charge < -0.3 is 5.73 Å².